The van der Waals surface area contributed by atoms with Crippen LogP contribution in [0.15, 0.2) is 46.9 Å². The van der Waals surface area contributed by atoms with E-state index in [4.69, 9.17) is 4.74 Å². The molecule has 0 aliphatic heterocycles. The van der Waals surface area contributed by atoms with Crippen molar-refractivity contribution in [3.63, 3.8) is 0 Å². The van der Waals surface area contributed by atoms with Crippen LogP contribution in [-0.2, 0) is 9.59 Å². The van der Waals surface area contributed by atoms with Crippen LogP contribution in [-0.4, -0.2) is 25.0 Å². The summed E-state index contributed by atoms with van der Waals surface area (Å²) in [6, 6.07) is 10.9. The monoisotopic (exact) mass is 394 g/mol. The third-order valence-electron chi connectivity index (χ3n) is 3.02. The van der Waals surface area contributed by atoms with Gasteiger partial charge in [0.2, 0.25) is 5.91 Å². The minimum absolute atomic E-state index is 0.200. The van der Waals surface area contributed by atoms with Gasteiger partial charge in [-0.2, -0.15) is 0 Å². The Morgan fingerprint density at radius 1 is 1.12 bits per heavy atom. The number of benzene rings is 2. The molecule has 7 heteroatoms. The van der Waals surface area contributed by atoms with Crippen LogP contribution < -0.4 is 15.4 Å². The number of anilines is 1. The Morgan fingerprint density at radius 2 is 1.83 bits per heavy atom. The van der Waals surface area contributed by atoms with E-state index in [0.29, 0.717) is 11.4 Å². The number of amides is 2. The highest BCUT2D eigenvalue weighted by Crippen LogP contribution is 2.25. The second-order valence-corrected chi connectivity index (χ2v) is 5.91. The van der Waals surface area contributed by atoms with Gasteiger partial charge >= 0.3 is 0 Å². The molecule has 126 valence electrons. The third kappa shape index (κ3) is 5.66. The maximum atomic E-state index is 12.8. The topological polar surface area (TPSA) is 67.4 Å². The second kappa shape index (κ2) is 8.44. The molecule has 0 heterocycles. The number of hydrogen-bond donors (Lipinski definition) is 2. The Kier molecular flexibility index (Phi) is 6.31. The first-order valence-corrected chi connectivity index (χ1v) is 7.94. The fourth-order valence-corrected chi connectivity index (χ4v) is 2.44. The number of nitrogens with one attached hydrogen (secondary N) is 2. The first-order valence-electron chi connectivity index (χ1n) is 7.15. The molecule has 0 radical (unpaired) electrons. The number of rotatable bonds is 6. The Bertz CT molecular complexity index is 735. The predicted molar refractivity (Wildman–Crippen MR) is 92.4 cm³/mol. The van der Waals surface area contributed by atoms with Crippen LogP contribution in [0.5, 0.6) is 5.75 Å². The standard InChI is InChI=1S/C17H16BrFN2O3/c1-11-2-7-15(14(18)8-11)24-10-17(23)20-9-16(22)21-13-5-3-12(19)4-6-13/h2-8H,9-10H2,1H3,(H,20,23)(H,21,22). The van der Waals surface area contributed by atoms with E-state index in [9.17, 15) is 14.0 Å². The van der Waals surface area contributed by atoms with Gasteiger partial charge in [0.1, 0.15) is 11.6 Å². The highest BCUT2D eigenvalue weighted by Gasteiger charge is 2.08. The molecule has 2 N–H and O–H groups in total. The summed E-state index contributed by atoms with van der Waals surface area (Å²) in [6.45, 7) is 1.54. The first-order chi connectivity index (χ1) is 11.4. The number of ether oxygens (including phenoxy) is 1. The molecule has 0 saturated carbocycles. The van der Waals surface area contributed by atoms with Gasteiger partial charge in [-0.05, 0) is 64.8 Å². The maximum absolute atomic E-state index is 12.8. The summed E-state index contributed by atoms with van der Waals surface area (Å²) in [4.78, 5) is 23.4. The zero-order valence-corrected chi connectivity index (χ0v) is 14.5. The molecule has 2 aromatic carbocycles. The summed E-state index contributed by atoms with van der Waals surface area (Å²) in [7, 11) is 0. The van der Waals surface area contributed by atoms with Gasteiger partial charge < -0.3 is 15.4 Å². The van der Waals surface area contributed by atoms with Crippen LogP contribution in [0.3, 0.4) is 0 Å². The normalized spacial score (nSPS) is 10.1. The summed E-state index contributed by atoms with van der Waals surface area (Å²) in [5, 5.41) is 4.99. The van der Waals surface area contributed by atoms with Gasteiger partial charge in [-0.15, -0.1) is 0 Å². The Morgan fingerprint density at radius 3 is 2.50 bits per heavy atom. The van der Waals surface area contributed by atoms with Crippen LogP contribution in [0, 0.1) is 12.7 Å². The second-order valence-electron chi connectivity index (χ2n) is 5.05. The molecule has 2 amide bonds. The van der Waals surface area contributed by atoms with Crippen molar-refractivity contribution in [2.45, 2.75) is 6.92 Å². The fraction of sp³-hybridized carbons (Fsp3) is 0.176. The van der Waals surface area contributed by atoms with E-state index in [1.807, 2.05) is 19.1 Å². The number of hydrogen-bond acceptors (Lipinski definition) is 3. The lowest BCUT2D eigenvalue weighted by atomic mass is 10.2. The first kappa shape index (κ1) is 17.9. The minimum Gasteiger partial charge on any atom is -0.483 e. The SMILES string of the molecule is Cc1ccc(OCC(=O)NCC(=O)Nc2ccc(F)cc2)c(Br)c1. The summed E-state index contributed by atoms with van der Waals surface area (Å²) >= 11 is 3.35. The van der Waals surface area contributed by atoms with Gasteiger partial charge in [0.15, 0.2) is 6.61 Å². The van der Waals surface area contributed by atoms with Gasteiger partial charge in [0.05, 0.1) is 11.0 Å². The Labute approximate surface area is 147 Å². The van der Waals surface area contributed by atoms with Crippen LogP contribution in [0.25, 0.3) is 0 Å². The molecule has 2 aromatic rings. The molecule has 0 saturated heterocycles. The molecule has 0 fully saturated rings. The van der Waals surface area contributed by atoms with Crippen LogP contribution >= 0.6 is 15.9 Å². The molecule has 0 bridgehead atoms. The van der Waals surface area contributed by atoms with E-state index < -0.39 is 11.8 Å². The van der Waals surface area contributed by atoms with Crippen LogP contribution in [0.2, 0.25) is 0 Å². The minimum atomic E-state index is -0.420. The average molecular weight is 395 g/mol. The average Bonchev–Trinajstić information content (AvgIpc) is 2.54. The zero-order valence-electron chi connectivity index (χ0n) is 12.9. The number of halogens is 2. The van der Waals surface area contributed by atoms with Crippen molar-refractivity contribution in [1.82, 2.24) is 5.32 Å². The molecule has 0 unspecified atom stereocenters. The van der Waals surface area contributed by atoms with E-state index in [-0.39, 0.29) is 19.0 Å². The van der Waals surface area contributed by atoms with E-state index in [1.54, 1.807) is 6.07 Å². The number of carbonyl (C=O) groups is 2. The fourth-order valence-electron chi connectivity index (χ4n) is 1.83. The molecule has 2 rings (SSSR count). The predicted octanol–water partition coefficient (Wildman–Crippen LogP) is 3.03. The summed E-state index contributed by atoms with van der Waals surface area (Å²) < 4.78 is 18.9. The summed E-state index contributed by atoms with van der Waals surface area (Å²) in [5.41, 5.74) is 1.52. The van der Waals surface area contributed by atoms with Gasteiger partial charge in [0.25, 0.3) is 5.91 Å². The molecule has 24 heavy (non-hydrogen) atoms. The van der Waals surface area contributed by atoms with E-state index in [1.165, 1.54) is 24.3 Å². The van der Waals surface area contributed by atoms with Crippen LogP contribution in [0.1, 0.15) is 5.56 Å². The quantitative estimate of drug-likeness (QED) is 0.790. The lowest BCUT2D eigenvalue weighted by Gasteiger charge is -2.10. The molecule has 0 aliphatic rings. The highest BCUT2D eigenvalue weighted by molar-refractivity contribution is 9.10. The van der Waals surface area contributed by atoms with Crippen molar-refractivity contribution < 1.29 is 18.7 Å². The van der Waals surface area contributed by atoms with Crippen molar-refractivity contribution in [2.75, 3.05) is 18.5 Å². The highest BCUT2D eigenvalue weighted by atomic mass is 79.9. The molecular formula is C17H16BrFN2O3. The number of carbonyl (C=O) groups excluding carboxylic acids is 2. The molecule has 0 aliphatic carbocycles. The molecule has 0 aromatic heterocycles. The van der Waals surface area contributed by atoms with Crippen molar-refractivity contribution in [1.29, 1.82) is 0 Å². The molecule has 0 spiro atoms. The van der Waals surface area contributed by atoms with E-state index in [2.05, 4.69) is 26.6 Å². The largest absolute Gasteiger partial charge is 0.483 e. The van der Waals surface area contributed by atoms with Crippen molar-refractivity contribution in [2.24, 2.45) is 0 Å². The number of aryl methyl sites for hydroxylation is 1. The molecule has 0 atom stereocenters. The van der Waals surface area contributed by atoms with E-state index in [0.717, 1.165) is 10.0 Å². The van der Waals surface area contributed by atoms with Crippen molar-refractivity contribution in [3.05, 3.63) is 58.3 Å². The molecular weight excluding hydrogens is 379 g/mol. The van der Waals surface area contributed by atoms with Gasteiger partial charge in [-0.25, -0.2) is 4.39 Å². The van der Waals surface area contributed by atoms with Crippen LogP contribution in [0.4, 0.5) is 10.1 Å². The maximum Gasteiger partial charge on any atom is 0.258 e. The summed E-state index contributed by atoms with van der Waals surface area (Å²) in [5.74, 6) is -0.671. The summed E-state index contributed by atoms with van der Waals surface area (Å²) in [6.07, 6.45) is 0. The smallest absolute Gasteiger partial charge is 0.258 e. The Hall–Kier alpha value is -2.41. The van der Waals surface area contributed by atoms with E-state index >= 15 is 0 Å². The lowest BCUT2D eigenvalue weighted by Crippen LogP contribution is -2.35. The zero-order chi connectivity index (χ0) is 17.5. The third-order valence-corrected chi connectivity index (χ3v) is 3.64. The van der Waals surface area contributed by atoms with Gasteiger partial charge in [0, 0.05) is 5.69 Å². The van der Waals surface area contributed by atoms with Crippen molar-refractivity contribution >= 4 is 33.4 Å². The van der Waals surface area contributed by atoms with Gasteiger partial charge in [-0.3, -0.25) is 9.59 Å². The van der Waals surface area contributed by atoms with Crippen molar-refractivity contribution in [3.8, 4) is 5.75 Å². The lowest BCUT2D eigenvalue weighted by molar-refractivity contribution is -0.125. The molecule has 5 nitrogen and oxygen atoms in total. The Balaban J connectivity index is 1.74. The van der Waals surface area contributed by atoms with Gasteiger partial charge in [-0.1, -0.05) is 6.07 Å².